The van der Waals surface area contributed by atoms with Crippen LogP contribution in [-0.4, -0.2) is 60.5 Å². The van der Waals surface area contributed by atoms with Crippen molar-refractivity contribution in [1.82, 2.24) is 15.1 Å². The molecule has 1 aliphatic heterocycles. The lowest BCUT2D eigenvalue weighted by molar-refractivity contribution is -0.133. The number of carbonyl (C=O) groups is 1. The first-order chi connectivity index (χ1) is 10.2. The summed E-state index contributed by atoms with van der Waals surface area (Å²) in [5.74, 6) is 1.03. The van der Waals surface area contributed by atoms with E-state index < -0.39 is 0 Å². The molecule has 0 aromatic carbocycles. The summed E-state index contributed by atoms with van der Waals surface area (Å²) in [6.07, 6.45) is 3.82. The molecular formula is C18H37N3O. The third kappa shape index (κ3) is 7.59. The van der Waals surface area contributed by atoms with Crippen molar-refractivity contribution in [3.05, 3.63) is 0 Å². The van der Waals surface area contributed by atoms with Crippen molar-refractivity contribution in [2.75, 3.05) is 33.2 Å². The number of likely N-dealkylation sites (tertiary alicyclic amines) is 1. The van der Waals surface area contributed by atoms with Crippen LogP contribution in [0.25, 0.3) is 0 Å². The first-order valence-corrected chi connectivity index (χ1v) is 8.92. The van der Waals surface area contributed by atoms with Crippen molar-refractivity contribution in [1.29, 1.82) is 0 Å². The van der Waals surface area contributed by atoms with E-state index in [2.05, 4.69) is 44.8 Å². The molecule has 0 unspecified atom stereocenters. The zero-order valence-electron chi connectivity index (χ0n) is 15.6. The van der Waals surface area contributed by atoms with Crippen LogP contribution < -0.4 is 5.32 Å². The number of rotatable bonds is 7. The third-order valence-electron chi connectivity index (χ3n) is 4.34. The minimum absolute atomic E-state index is 0.137. The van der Waals surface area contributed by atoms with Gasteiger partial charge in [0, 0.05) is 44.7 Å². The molecule has 1 saturated heterocycles. The monoisotopic (exact) mass is 311 g/mol. The number of nitrogens with zero attached hydrogens (tertiary/aromatic N) is 2. The molecule has 0 saturated carbocycles. The highest BCUT2D eigenvalue weighted by Crippen LogP contribution is 2.17. The molecule has 1 fully saturated rings. The van der Waals surface area contributed by atoms with Gasteiger partial charge >= 0.3 is 0 Å². The molecular weight excluding hydrogens is 274 g/mol. The average molecular weight is 312 g/mol. The van der Waals surface area contributed by atoms with Gasteiger partial charge in [0.1, 0.15) is 0 Å². The number of carbonyl (C=O) groups excluding carboxylic acids is 1. The quantitative estimate of drug-likeness (QED) is 0.734. The number of hydrogen-bond donors (Lipinski definition) is 1. The molecule has 1 aliphatic rings. The molecule has 1 N–H and O–H groups in total. The van der Waals surface area contributed by atoms with Crippen LogP contribution >= 0.6 is 0 Å². The molecule has 0 spiro atoms. The minimum atomic E-state index is 0.137. The molecule has 0 atom stereocenters. The van der Waals surface area contributed by atoms with E-state index in [4.69, 9.17) is 0 Å². The normalized spacial score (nSPS) is 18.0. The Morgan fingerprint density at radius 1 is 1.27 bits per heavy atom. The SMILES string of the molecule is CC(C)CN1CCC(N(C)C(=O)CCCNC(C)(C)C)CC1. The maximum absolute atomic E-state index is 12.3. The third-order valence-corrected chi connectivity index (χ3v) is 4.34. The van der Waals surface area contributed by atoms with E-state index in [1.807, 2.05) is 11.9 Å². The van der Waals surface area contributed by atoms with E-state index in [0.717, 1.165) is 44.8 Å². The highest BCUT2D eigenvalue weighted by atomic mass is 16.2. The molecule has 4 heteroatoms. The Balaban J connectivity index is 2.24. The average Bonchev–Trinajstić information content (AvgIpc) is 2.41. The molecule has 0 aliphatic carbocycles. The molecule has 1 rings (SSSR count). The van der Waals surface area contributed by atoms with Gasteiger partial charge in [-0.2, -0.15) is 0 Å². The maximum Gasteiger partial charge on any atom is 0.222 e. The fraction of sp³-hybridized carbons (Fsp3) is 0.944. The summed E-state index contributed by atoms with van der Waals surface area (Å²) in [5, 5.41) is 3.44. The number of amides is 1. The molecule has 0 radical (unpaired) electrons. The molecule has 1 amide bonds. The van der Waals surface area contributed by atoms with Gasteiger partial charge in [0.15, 0.2) is 0 Å². The van der Waals surface area contributed by atoms with Crippen molar-refractivity contribution in [2.45, 2.75) is 71.9 Å². The Kier molecular flexibility index (Phi) is 7.84. The molecule has 130 valence electrons. The van der Waals surface area contributed by atoms with Crippen molar-refractivity contribution in [3.8, 4) is 0 Å². The van der Waals surface area contributed by atoms with Gasteiger partial charge in [-0.05, 0) is 52.5 Å². The second kappa shape index (κ2) is 8.88. The van der Waals surface area contributed by atoms with Crippen LogP contribution in [-0.2, 0) is 4.79 Å². The molecule has 1 heterocycles. The Bertz CT molecular complexity index is 328. The van der Waals surface area contributed by atoms with Crippen LogP contribution in [0.3, 0.4) is 0 Å². The van der Waals surface area contributed by atoms with Gasteiger partial charge in [-0.3, -0.25) is 4.79 Å². The van der Waals surface area contributed by atoms with Gasteiger partial charge < -0.3 is 15.1 Å². The van der Waals surface area contributed by atoms with Crippen LogP contribution in [0.4, 0.5) is 0 Å². The fourth-order valence-electron chi connectivity index (χ4n) is 3.09. The summed E-state index contributed by atoms with van der Waals surface area (Å²) < 4.78 is 0. The standard InChI is InChI=1S/C18H37N3O/c1-15(2)14-21-12-9-16(10-13-21)20(6)17(22)8-7-11-19-18(3,4)5/h15-16,19H,7-14H2,1-6H3. The summed E-state index contributed by atoms with van der Waals surface area (Å²) in [6.45, 7) is 15.4. The number of nitrogens with one attached hydrogen (secondary N) is 1. The van der Waals surface area contributed by atoms with E-state index in [0.29, 0.717) is 18.4 Å². The maximum atomic E-state index is 12.3. The van der Waals surface area contributed by atoms with Crippen LogP contribution in [0, 0.1) is 5.92 Å². The summed E-state index contributed by atoms with van der Waals surface area (Å²) >= 11 is 0. The predicted molar refractivity (Wildman–Crippen MR) is 94.1 cm³/mol. The first-order valence-electron chi connectivity index (χ1n) is 8.92. The van der Waals surface area contributed by atoms with Crippen molar-refractivity contribution < 1.29 is 4.79 Å². The molecule has 22 heavy (non-hydrogen) atoms. The van der Waals surface area contributed by atoms with Gasteiger partial charge in [-0.15, -0.1) is 0 Å². The topological polar surface area (TPSA) is 35.6 Å². The summed E-state index contributed by atoms with van der Waals surface area (Å²) in [5.41, 5.74) is 0.137. The lowest BCUT2D eigenvalue weighted by Crippen LogP contribution is -2.46. The molecule has 0 bridgehead atoms. The van der Waals surface area contributed by atoms with Gasteiger partial charge in [0.05, 0.1) is 0 Å². The molecule has 0 aromatic rings. The van der Waals surface area contributed by atoms with Gasteiger partial charge in [0.25, 0.3) is 0 Å². The fourth-order valence-corrected chi connectivity index (χ4v) is 3.09. The Morgan fingerprint density at radius 3 is 2.36 bits per heavy atom. The smallest absolute Gasteiger partial charge is 0.222 e. The van der Waals surface area contributed by atoms with Crippen molar-refractivity contribution >= 4 is 5.91 Å². The zero-order chi connectivity index (χ0) is 16.8. The van der Waals surface area contributed by atoms with E-state index in [-0.39, 0.29) is 5.54 Å². The molecule has 0 aromatic heterocycles. The van der Waals surface area contributed by atoms with Crippen LogP contribution in [0.15, 0.2) is 0 Å². The van der Waals surface area contributed by atoms with Crippen LogP contribution in [0.2, 0.25) is 0 Å². The predicted octanol–water partition coefficient (Wildman–Crippen LogP) is 2.73. The second-order valence-electron chi connectivity index (χ2n) is 8.21. The number of hydrogen-bond acceptors (Lipinski definition) is 3. The lowest BCUT2D eigenvalue weighted by Gasteiger charge is -2.37. The number of piperidine rings is 1. The van der Waals surface area contributed by atoms with Gasteiger partial charge in [-0.1, -0.05) is 13.8 Å². The Labute approximate surface area is 137 Å². The first kappa shape index (κ1) is 19.4. The van der Waals surface area contributed by atoms with Crippen molar-refractivity contribution in [3.63, 3.8) is 0 Å². The summed E-state index contributed by atoms with van der Waals surface area (Å²) in [7, 11) is 1.99. The van der Waals surface area contributed by atoms with Crippen LogP contribution in [0.5, 0.6) is 0 Å². The largest absolute Gasteiger partial charge is 0.343 e. The van der Waals surface area contributed by atoms with E-state index in [1.165, 1.54) is 6.54 Å². The van der Waals surface area contributed by atoms with Crippen LogP contribution in [0.1, 0.15) is 60.3 Å². The summed E-state index contributed by atoms with van der Waals surface area (Å²) in [4.78, 5) is 16.8. The highest BCUT2D eigenvalue weighted by Gasteiger charge is 2.25. The lowest BCUT2D eigenvalue weighted by atomic mass is 10.0. The highest BCUT2D eigenvalue weighted by molar-refractivity contribution is 5.76. The second-order valence-corrected chi connectivity index (χ2v) is 8.21. The van der Waals surface area contributed by atoms with E-state index in [1.54, 1.807) is 0 Å². The Hall–Kier alpha value is -0.610. The van der Waals surface area contributed by atoms with Gasteiger partial charge in [-0.25, -0.2) is 0 Å². The Morgan fingerprint density at radius 2 is 1.86 bits per heavy atom. The van der Waals surface area contributed by atoms with E-state index >= 15 is 0 Å². The van der Waals surface area contributed by atoms with Crippen molar-refractivity contribution in [2.24, 2.45) is 5.92 Å². The van der Waals surface area contributed by atoms with Gasteiger partial charge in [0.2, 0.25) is 5.91 Å². The summed E-state index contributed by atoms with van der Waals surface area (Å²) in [6, 6.07) is 0.437. The van der Waals surface area contributed by atoms with E-state index in [9.17, 15) is 4.79 Å². The molecule has 4 nitrogen and oxygen atoms in total. The minimum Gasteiger partial charge on any atom is -0.343 e. The zero-order valence-corrected chi connectivity index (χ0v) is 15.6.